The van der Waals surface area contributed by atoms with Gasteiger partial charge in [0.15, 0.2) is 0 Å². The molecule has 1 atom stereocenters. The van der Waals surface area contributed by atoms with E-state index in [1.165, 1.54) is 6.07 Å². The maximum atomic E-state index is 12.9. The number of aryl methyl sites for hydroxylation is 1. The van der Waals surface area contributed by atoms with Crippen molar-refractivity contribution >= 4 is 33.6 Å². The molecule has 0 fully saturated rings. The molecule has 4 N–H and O–H groups in total. The standard InChI is InChI=1S/C19H18BrN3O3/c1-10-3-6-13(7-4-10)22-18(25)16-11(2)21-19(26)23-17(16)14-9-12(20)5-8-15(14)24/h3-9,17,24H,1-2H3,(H,22,25)(H2,21,23,26). The van der Waals surface area contributed by atoms with Crippen molar-refractivity contribution in [2.75, 3.05) is 5.32 Å². The molecule has 1 aliphatic heterocycles. The molecule has 1 unspecified atom stereocenters. The number of aromatic hydroxyl groups is 1. The molecule has 0 aliphatic carbocycles. The summed E-state index contributed by atoms with van der Waals surface area (Å²) in [5, 5.41) is 18.4. The van der Waals surface area contributed by atoms with E-state index in [2.05, 4.69) is 31.9 Å². The van der Waals surface area contributed by atoms with Gasteiger partial charge in [-0.25, -0.2) is 4.79 Å². The normalized spacial score (nSPS) is 16.7. The Morgan fingerprint density at radius 3 is 2.54 bits per heavy atom. The summed E-state index contributed by atoms with van der Waals surface area (Å²) >= 11 is 3.35. The predicted molar refractivity (Wildman–Crippen MR) is 103 cm³/mol. The van der Waals surface area contributed by atoms with Gasteiger partial charge in [-0.15, -0.1) is 0 Å². The number of allylic oxidation sites excluding steroid dienone is 1. The molecule has 0 radical (unpaired) electrons. The maximum Gasteiger partial charge on any atom is 0.319 e. The minimum absolute atomic E-state index is 0.00571. The van der Waals surface area contributed by atoms with Gasteiger partial charge >= 0.3 is 6.03 Å². The largest absolute Gasteiger partial charge is 0.508 e. The highest BCUT2D eigenvalue weighted by atomic mass is 79.9. The van der Waals surface area contributed by atoms with Crippen molar-refractivity contribution in [3.63, 3.8) is 0 Å². The van der Waals surface area contributed by atoms with E-state index in [-0.39, 0.29) is 11.7 Å². The molecule has 2 aromatic rings. The van der Waals surface area contributed by atoms with Crippen LogP contribution in [0.25, 0.3) is 0 Å². The molecule has 0 spiro atoms. The quantitative estimate of drug-likeness (QED) is 0.615. The van der Waals surface area contributed by atoms with Crippen LogP contribution in [0.1, 0.15) is 24.1 Å². The number of hydrogen-bond donors (Lipinski definition) is 4. The van der Waals surface area contributed by atoms with Crippen molar-refractivity contribution < 1.29 is 14.7 Å². The number of phenolic OH excluding ortho intramolecular Hbond substituents is 1. The van der Waals surface area contributed by atoms with Crippen LogP contribution in [0.15, 0.2) is 58.2 Å². The second kappa shape index (κ2) is 7.21. The van der Waals surface area contributed by atoms with Gasteiger partial charge in [-0.3, -0.25) is 4.79 Å². The summed E-state index contributed by atoms with van der Waals surface area (Å²) in [5.74, 6) is -0.364. The zero-order chi connectivity index (χ0) is 18.8. The average molecular weight is 416 g/mol. The first-order valence-electron chi connectivity index (χ1n) is 8.00. The van der Waals surface area contributed by atoms with Gasteiger partial charge in [-0.1, -0.05) is 33.6 Å². The number of carbonyl (C=O) groups is 2. The van der Waals surface area contributed by atoms with E-state index < -0.39 is 12.1 Å². The molecule has 0 bridgehead atoms. The number of benzene rings is 2. The Bertz CT molecular complexity index is 907. The molecule has 6 nitrogen and oxygen atoms in total. The molecule has 3 amide bonds. The van der Waals surface area contributed by atoms with Crippen molar-refractivity contribution in [1.82, 2.24) is 10.6 Å². The summed E-state index contributed by atoms with van der Waals surface area (Å²) in [6.45, 7) is 3.62. The second-order valence-corrected chi connectivity index (χ2v) is 7.01. The zero-order valence-corrected chi connectivity index (χ0v) is 15.8. The van der Waals surface area contributed by atoms with Crippen LogP contribution in [0.4, 0.5) is 10.5 Å². The molecular formula is C19H18BrN3O3. The molecule has 0 saturated carbocycles. The lowest BCUT2D eigenvalue weighted by Crippen LogP contribution is -2.46. The molecule has 2 aromatic carbocycles. The fourth-order valence-corrected chi connectivity index (χ4v) is 3.20. The number of hydrogen-bond acceptors (Lipinski definition) is 3. The van der Waals surface area contributed by atoms with Gasteiger partial charge in [0.2, 0.25) is 0 Å². The topological polar surface area (TPSA) is 90.5 Å². The average Bonchev–Trinajstić information content (AvgIpc) is 2.58. The first-order valence-corrected chi connectivity index (χ1v) is 8.79. The van der Waals surface area contributed by atoms with Crippen LogP contribution in [-0.4, -0.2) is 17.0 Å². The van der Waals surface area contributed by atoms with Crippen molar-refractivity contribution in [2.45, 2.75) is 19.9 Å². The number of phenols is 1. The number of carbonyl (C=O) groups excluding carboxylic acids is 2. The van der Waals surface area contributed by atoms with Crippen LogP contribution in [0.5, 0.6) is 5.75 Å². The lowest BCUT2D eigenvalue weighted by molar-refractivity contribution is -0.113. The summed E-state index contributed by atoms with van der Waals surface area (Å²) in [5.41, 5.74) is 2.93. The SMILES string of the molecule is CC1=C(C(=O)Nc2ccc(C)cc2)C(c2cc(Br)ccc2O)NC(=O)N1. The Labute approximate surface area is 159 Å². The molecule has 1 heterocycles. The van der Waals surface area contributed by atoms with Crippen molar-refractivity contribution in [3.05, 3.63) is 69.3 Å². The minimum Gasteiger partial charge on any atom is -0.508 e. The van der Waals surface area contributed by atoms with E-state index >= 15 is 0 Å². The van der Waals surface area contributed by atoms with Crippen molar-refractivity contribution in [1.29, 1.82) is 0 Å². The maximum absolute atomic E-state index is 12.9. The third kappa shape index (κ3) is 3.72. The number of rotatable bonds is 3. The second-order valence-electron chi connectivity index (χ2n) is 6.09. The van der Waals surface area contributed by atoms with Gasteiger partial charge in [0.1, 0.15) is 5.75 Å². The Balaban J connectivity index is 1.98. The fourth-order valence-electron chi connectivity index (χ4n) is 2.82. The van der Waals surface area contributed by atoms with Gasteiger partial charge in [0.25, 0.3) is 5.91 Å². The van der Waals surface area contributed by atoms with Gasteiger partial charge in [0, 0.05) is 21.4 Å². The summed E-state index contributed by atoms with van der Waals surface area (Å²) in [4.78, 5) is 24.8. The Kier molecular flexibility index (Phi) is 4.99. The lowest BCUT2D eigenvalue weighted by atomic mass is 9.94. The molecular weight excluding hydrogens is 398 g/mol. The molecule has 0 aromatic heterocycles. The molecule has 26 heavy (non-hydrogen) atoms. The number of anilines is 1. The summed E-state index contributed by atoms with van der Waals surface area (Å²) < 4.78 is 0.731. The van der Waals surface area contributed by atoms with Crippen molar-refractivity contribution in [3.8, 4) is 5.75 Å². The third-order valence-corrected chi connectivity index (χ3v) is 4.62. The van der Waals surface area contributed by atoms with Crippen LogP contribution in [0.3, 0.4) is 0 Å². The Hall–Kier alpha value is -2.80. The first-order chi connectivity index (χ1) is 12.3. The number of urea groups is 1. The molecule has 3 rings (SSSR count). The van der Waals surface area contributed by atoms with Crippen molar-refractivity contribution in [2.24, 2.45) is 0 Å². The van der Waals surface area contributed by atoms with Gasteiger partial charge in [-0.2, -0.15) is 0 Å². The van der Waals surface area contributed by atoms with Gasteiger partial charge < -0.3 is 21.1 Å². The lowest BCUT2D eigenvalue weighted by Gasteiger charge is -2.29. The van der Waals surface area contributed by atoms with E-state index in [0.29, 0.717) is 22.5 Å². The van der Waals surface area contributed by atoms with Crippen LogP contribution >= 0.6 is 15.9 Å². The molecule has 1 aliphatic rings. The molecule has 7 heteroatoms. The Morgan fingerprint density at radius 2 is 1.85 bits per heavy atom. The highest BCUT2D eigenvalue weighted by Crippen LogP contribution is 2.34. The van der Waals surface area contributed by atoms with Crippen LogP contribution in [-0.2, 0) is 4.79 Å². The van der Waals surface area contributed by atoms with E-state index in [9.17, 15) is 14.7 Å². The van der Waals surface area contributed by atoms with Gasteiger partial charge in [0.05, 0.1) is 11.6 Å². The van der Waals surface area contributed by atoms with E-state index in [0.717, 1.165) is 10.0 Å². The first kappa shape index (κ1) is 18.0. The molecule has 0 saturated heterocycles. The minimum atomic E-state index is -0.772. The van der Waals surface area contributed by atoms with E-state index in [1.54, 1.807) is 19.1 Å². The Morgan fingerprint density at radius 1 is 1.15 bits per heavy atom. The number of amides is 3. The number of halogens is 1. The van der Waals surface area contributed by atoms with Crippen LogP contribution < -0.4 is 16.0 Å². The fraction of sp³-hybridized carbons (Fsp3) is 0.158. The highest BCUT2D eigenvalue weighted by molar-refractivity contribution is 9.10. The smallest absolute Gasteiger partial charge is 0.319 e. The van der Waals surface area contributed by atoms with Crippen LogP contribution in [0, 0.1) is 6.92 Å². The number of nitrogens with one attached hydrogen (secondary N) is 3. The monoisotopic (exact) mass is 415 g/mol. The van der Waals surface area contributed by atoms with Gasteiger partial charge in [-0.05, 0) is 44.2 Å². The van der Waals surface area contributed by atoms with E-state index in [1.807, 2.05) is 31.2 Å². The summed E-state index contributed by atoms with van der Waals surface area (Å²) in [7, 11) is 0. The van der Waals surface area contributed by atoms with Crippen LogP contribution in [0.2, 0.25) is 0 Å². The third-order valence-electron chi connectivity index (χ3n) is 4.12. The zero-order valence-electron chi connectivity index (χ0n) is 14.3. The van der Waals surface area contributed by atoms with E-state index in [4.69, 9.17) is 0 Å². The molecule has 134 valence electrons. The highest BCUT2D eigenvalue weighted by Gasteiger charge is 2.32. The predicted octanol–water partition coefficient (Wildman–Crippen LogP) is 3.73. The summed E-state index contributed by atoms with van der Waals surface area (Å²) in [6.07, 6.45) is 0. The summed E-state index contributed by atoms with van der Waals surface area (Å²) in [6, 6.07) is 11.1.